The lowest BCUT2D eigenvalue weighted by Crippen LogP contribution is -2.42. The van der Waals surface area contributed by atoms with Crippen LogP contribution in [0.5, 0.6) is 0 Å². The highest BCUT2D eigenvalue weighted by Crippen LogP contribution is 2.30. The van der Waals surface area contributed by atoms with Gasteiger partial charge in [-0.2, -0.15) is 13.2 Å². The number of rotatable bonds is 6. The van der Waals surface area contributed by atoms with E-state index in [1.165, 1.54) is 12.1 Å². The van der Waals surface area contributed by atoms with Gasteiger partial charge >= 0.3 is 6.18 Å². The van der Waals surface area contributed by atoms with Gasteiger partial charge in [0, 0.05) is 13.1 Å². The number of hydrogen-bond acceptors (Lipinski definition) is 2. The van der Waals surface area contributed by atoms with E-state index in [0.29, 0.717) is 25.4 Å². The number of piperidine rings is 1. The van der Waals surface area contributed by atoms with Crippen LogP contribution in [0.3, 0.4) is 0 Å². The number of halogens is 3. The molecule has 24 heavy (non-hydrogen) atoms. The molecule has 0 spiro atoms. The summed E-state index contributed by atoms with van der Waals surface area (Å²) < 4.78 is 38.3. The number of carbonyl (C=O) groups is 1. The molecule has 0 aromatic heterocycles. The smallest absolute Gasteiger partial charge is 0.355 e. The van der Waals surface area contributed by atoms with Crippen LogP contribution in [-0.2, 0) is 17.4 Å². The molecule has 1 heterocycles. The first-order chi connectivity index (χ1) is 11.4. The summed E-state index contributed by atoms with van der Waals surface area (Å²) in [6, 6.07) is 5.58. The monoisotopic (exact) mass is 342 g/mol. The molecule has 1 aromatic rings. The molecule has 1 atom stereocenters. The first kappa shape index (κ1) is 18.8. The van der Waals surface area contributed by atoms with Gasteiger partial charge in [-0.25, -0.2) is 0 Å². The minimum atomic E-state index is -4.29. The third-order valence-corrected chi connectivity index (χ3v) is 4.44. The van der Waals surface area contributed by atoms with Crippen LogP contribution in [0.25, 0.3) is 0 Å². The van der Waals surface area contributed by atoms with Crippen molar-refractivity contribution < 1.29 is 18.0 Å². The molecule has 1 aliphatic rings. The Morgan fingerprint density at radius 1 is 1.38 bits per heavy atom. The molecule has 2 rings (SSSR count). The van der Waals surface area contributed by atoms with Crippen molar-refractivity contribution in [3.05, 3.63) is 35.4 Å². The summed E-state index contributed by atoms with van der Waals surface area (Å²) in [5.41, 5.74) is 0.146. The highest BCUT2D eigenvalue weighted by atomic mass is 19.4. The van der Waals surface area contributed by atoms with E-state index >= 15 is 0 Å². The summed E-state index contributed by atoms with van der Waals surface area (Å²) in [7, 11) is 0. The van der Waals surface area contributed by atoms with Crippen LogP contribution in [0.4, 0.5) is 13.2 Å². The minimum Gasteiger partial charge on any atom is -0.355 e. The van der Waals surface area contributed by atoms with Crippen LogP contribution in [-0.4, -0.2) is 37.0 Å². The lowest BCUT2D eigenvalue weighted by Gasteiger charge is -2.32. The number of alkyl halides is 3. The Bertz CT molecular complexity index is 545. The van der Waals surface area contributed by atoms with Crippen molar-refractivity contribution >= 4 is 5.91 Å². The van der Waals surface area contributed by atoms with E-state index < -0.39 is 11.7 Å². The molecule has 1 aliphatic heterocycles. The second-order valence-corrected chi connectivity index (χ2v) is 6.43. The second-order valence-electron chi connectivity index (χ2n) is 6.43. The number of carbonyl (C=O) groups excluding carboxylic acids is 1. The number of likely N-dealkylation sites (N-methyl/N-ethyl adjacent to an activating group) is 1. The van der Waals surface area contributed by atoms with Crippen molar-refractivity contribution in [3.8, 4) is 0 Å². The Morgan fingerprint density at radius 3 is 2.88 bits per heavy atom. The maximum Gasteiger partial charge on any atom is 0.416 e. The van der Waals surface area contributed by atoms with Crippen molar-refractivity contribution in [2.45, 2.75) is 38.8 Å². The zero-order valence-electron chi connectivity index (χ0n) is 14.0. The van der Waals surface area contributed by atoms with E-state index in [4.69, 9.17) is 0 Å². The molecule has 0 aliphatic carbocycles. The fraction of sp³-hybridized carbons (Fsp3) is 0.611. The third-order valence-electron chi connectivity index (χ3n) is 4.44. The van der Waals surface area contributed by atoms with Crippen molar-refractivity contribution in [3.63, 3.8) is 0 Å². The third kappa shape index (κ3) is 5.82. The highest BCUT2D eigenvalue weighted by molar-refractivity contribution is 5.77. The summed E-state index contributed by atoms with van der Waals surface area (Å²) in [4.78, 5) is 13.8. The van der Waals surface area contributed by atoms with Gasteiger partial charge in [-0.05, 0) is 56.7 Å². The fourth-order valence-electron chi connectivity index (χ4n) is 3.26. The first-order valence-corrected chi connectivity index (χ1v) is 8.53. The molecule has 0 unspecified atom stereocenters. The van der Waals surface area contributed by atoms with Crippen LogP contribution < -0.4 is 5.32 Å². The molecule has 0 bridgehead atoms. The van der Waals surface area contributed by atoms with Crippen LogP contribution in [0.15, 0.2) is 24.3 Å². The van der Waals surface area contributed by atoms with Gasteiger partial charge in [0.05, 0.1) is 12.1 Å². The van der Waals surface area contributed by atoms with Gasteiger partial charge in [-0.1, -0.05) is 18.2 Å². The van der Waals surface area contributed by atoms with E-state index in [9.17, 15) is 18.0 Å². The normalized spacial score (nSPS) is 19.2. The second kappa shape index (κ2) is 8.51. The summed E-state index contributed by atoms with van der Waals surface area (Å²) >= 11 is 0. The van der Waals surface area contributed by atoms with E-state index in [1.54, 1.807) is 6.07 Å². The molecule has 1 saturated heterocycles. The molecule has 6 heteroatoms. The highest BCUT2D eigenvalue weighted by Gasteiger charge is 2.30. The molecule has 1 aromatic carbocycles. The van der Waals surface area contributed by atoms with Crippen LogP contribution >= 0.6 is 0 Å². The number of hydrogen-bond donors (Lipinski definition) is 1. The average Bonchev–Trinajstić information content (AvgIpc) is 2.53. The van der Waals surface area contributed by atoms with Crippen molar-refractivity contribution in [1.82, 2.24) is 10.2 Å². The van der Waals surface area contributed by atoms with Gasteiger partial charge < -0.3 is 5.32 Å². The van der Waals surface area contributed by atoms with Crippen LogP contribution in [0.2, 0.25) is 0 Å². The van der Waals surface area contributed by atoms with E-state index in [-0.39, 0.29) is 5.91 Å². The Morgan fingerprint density at radius 2 is 2.17 bits per heavy atom. The summed E-state index contributed by atoms with van der Waals surface area (Å²) in [5, 5.41) is 2.80. The molecule has 1 amide bonds. The zero-order chi connectivity index (χ0) is 17.6. The van der Waals surface area contributed by atoms with Gasteiger partial charge in [-0.15, -0.1) is 0 Å². The van der Waals surface area contributed by atoms with Gasteiger partial charge in [0.1, 0.15) is 0 Å². The number of nitrogens with one attached hydrogen (secondary N) is 1. The van der Waals surface area contributed by atoms with Gasteiger partial charge in [0.2, 0.25) is 5.91 Å². The molecule has 1 N–H and O–H groups in total. The van der Waals surface area contributed by atoms with Gasteiger partial charge in [0.15, 0.2) is 0 Å². The SMILES string of the molecule is CCNC(=O)CN1CCC[C@@H](CCc2cccc(C(F)(F)F)c2)C1. The maximum absolute atomic E-state index is 12.8. The zero-order valence-corrected chi connectivity index (χ0v) is 14.0. The Kier molecular flexibility index (Phi) is 6.66. The number of aryl methyl sites for hydroxylation is 1. The van der Waals surface area contributed by atoms with Crippen molar-refractivity contribution in [2.24, 2.45) is 5.92 Å². The molecule has 1 fully saturated rings. The molecular formula is C18H25F3N2O. The fourth-order valence-corrected chi connectivity index (χ4v) is 3.26. The predicted molar refractivity (Wildman–Crippen MR) is 87.6 cm³/mol. The van der Waals surface area contributed by atoms with Crippen LogP contribution in [0, 0.1) is 5.92 Å². The maximum atomic E-state index is 12.8. The lowest BCUT2D eigenvalue weighted by molar-refractivity contribution is -0.137. The van der Waals surface area contributed by atoms with Crippen molar-refractivity contribution in [2.75, 3.05) is 26.2 Å². The molecule has 0 radical (unpaired) electrons. The van der Waals surface area contributed by atoms with E-state index in [0.717, 1.165) is 44.0 Å². The lowest BCUT2D eigenvalue weighted by atomic mass is 9.91. The van der Waals surface area contributed by atoms with E-state index in [2.05, 4.69) is 10.2 Å². The standard InChI is InChI=1S/C18H25F3N2O/c1-2-22-17(24)13-23-10-4-6-15(12-23)9-8-14-5-3-7-16(11-14)18(19,20)21/h3,5,7,11,15H,2,4,6,8-10,12-13H2,1H3,(H,22,24)/t15-/m0/s1. The first-order valence-electron chi connectivity index (χ1n) is 8.53. The number of likely N-dealkylation sites (tertiary alicyclic amines) is 1. The van der Waals surface area contributed by atoms with Crippen molar-refractivity contribution in [1.29, 1.82) is 0 Å². The Hall–Kier alpha value is -1.56. The largest absolute Gasteiger partial charge is 0.416 e. The van der Waals surface area contributed by atoms with E-state index in [1.807, 2.05) is 6.92 Å². The average molecular weight is 342 g/mol. The molecule has 3 nitrogen and oxygen atoms in total. The van der Waals surface area contributed by atoms with Gasteiger partial charge in [-0.3, -0.25) is 9.69 Å². The van der Waals surface area contributed by atoms with Crippen LogP contribution in [0.1, 0.15) is 37.3 Å². The molecule has 134 valence electrons. The molecular weight excluding hydrogens is 317 g/mol. The minimum absolute atomic E-state index is 0.0380. The number of amides is 1. The summed E-state index contributed by atoms with van der Waals surface area (Å²) in [6.07, 6.45) is -0.682. The predicted octanol–water partition coefficient (Wildman–Crippen LogP) is 3.49. The quantitative estimate of drug-likeness (QED) is 0.858. The van der Waals surface area contributed by atoms with Gasteiger partial charge in [0.25, 0.3) is 0 Å². The topological polar surface area (TPSA) is 32.3 Å². The summed E-state index contributed by atoms with van der Waals surface area (Å²) in [5.74, 6) is 0.471. The Balaban J connectivity index is 1.84. The number of benzene rings is 1. The number of nitrogens with zero attached hydrogens (tertiary/aromatic N) is 1. The Labute approximate surface area is 141 Å². The molecule has 0 saturated carbocycles. The summed E-state index contributed by atoms with van der Waals surface area (Å²) in [6.45, 7) is 4.69.